The summed E-state index contributed by atoms with van der Waals surface area (Å²) in [5.41, 5.74) is 1.37. The summed E-state index contributed by atoms with van der Waals surface area (Å²) >= 11 is 0. The Labute approximate surface area is 166 Å². The molecule has 0 unspecified atom stereocenters. The first-order chi connectivity index (χ1) is 13.5. The van der Waals surface area contributed by atoms with Crippen molar-refractivity contribution in [2.24, 2.45) is 0 Å². The van der Waals surface area contributed by atoms with Crippen LogP contribution in [0.4, 0.5) is 0 Å². The van der Waals surface area contributed by atoms with Crippen molar-refractivity contribution in [3.63, 3.8) is 0 Å². The summed E-state index contributed by atoms with van der Waals surface area (Å²) in [4.78, 5) is 27.1. The van der Waals surface area contributed by atoms with Gasteiger partial charge in [-0.3, -0.25) is 9.59 Å². The quantitative estimate of drug-likeness (QED) is 0.764. The van der Waals surface area contributed by atoms with E-state index in [1.807, 2.05) is 68.4 Å². The van der Waals surface area contributed by atoms with E-state index < -0.39 is 5.54 Å². The van der Waals surface area contributed by atoms with Crippen LogP contribution in [0.1, 0.15) is 37.8 Å². The fourth-order valence-electron chi connectivity index (χ4n) is 3.63. The van der Waals surface area contributed by atoms with Gasteiger partial charge in [-0.2, -0.15) is 0 Å². The minimum atomic E-state index is -0.795. The lowest BCUT2D eigenvalue weighted by atomic mass is 9.97. The topological polar surface area (TPSA) is 58.6 Å². The number of nitrogens with zero attached hydrogens (tertiary/aromatic N) is 1. The monoisotopic (exact) mass is 380 g/mol. The van der Waals surface area contributed by atoms with Crippen LogP contribution in [0.5, 0.6) is 5.75 Å². The average molecular weight is 380 g/mol. The van der Waals surface area contributed by atoms with Crippen LogP contribution in [0.15, 0.2) is 54.6 Å². The maximum Gasteiger partial charge on any atom is 0.245 e. The molecule has 1 aliphatic rings. The Kier molecular flexibility index (Phi) is 6.34. The molecule has 0 bridgehead atoms. The van der Waals surface area contributed by atoms with Crippen LogP contribution < -0.4 is 10.1 Å². The second-order valence-corrected chi connectivity index (χ2v) is 7.31. The van der Waals surface area contributed by atoms with Crippen LogP contribution in [-0.2, 0) is 22.6 Å². The molecule has 1 saturated heterocycles. The lowest BCUT2D eigenvalue weighted by Gasteiger charge is -2.34. The van der Waals surface area contributed by atoms with Crippen molar-refractivity contribution >= 4 is 11.8 Å². The van der Waals surface area contributed by atoms with Gasteiger partial charge >= 0.3 is 0 Å². The standard InChI is InChI=1S/C23H28N2O3/c1-3-28-20-11-9-18(10-12-20)14-16-25-21(26)13-15-23(25,2)22(27)24-17-19-7-5-4-6-8-19/h4-12H,3,13-17H2,1-2H3,(H,24,27)/t23-/m0/s1. The highest BCUT2D eigenvalue weighted by molar-refractivity contribution is 5.94. The maximum absolute atomic E-state index is 12.9. The smallest absolute Gasteiger partial charge is 0.245 e. The molecular weight excluding hydrogens is 352 g/mol. The Hall–Kier alpha value is -2.82. The average Bonchev–Trinajstić information content (AvgIpc) is 3.02. The third-order valence-electron chi connectivity index (χ3n) is 5.37. The van der Waals surface area contributed by atoms with Crippen LogP contribution >= 0.6 is 0 Å². The van der Waals surface area contributed by atoms with E-state index in [2.05, 4.69) is 5.32 Å². The molecule has 3 rings (SSSR count). The molecule has 0 aliphatic carbocycles. The van der Waals surface area contributed by atoms with Gasteiger partial charge < -0.3 is 15.0 Å². The van der Waals surface area contributed by atoms with Gasteiger partial charge in [0.1, 0.15) is 11.3 Å². The summed E-state index contributed by atoms with van der Waals surface area (Å²) in [7, 11) is 0. The minimum absolute atomic E-state index is 0.0447. The zero-order valence-corrected chi connectivity index (χ0v) is 16.6. The van der Waals surface area contributed by atoms with Crippen LogP contribution in [0.2, 0.25) is 0 Å². The highest BCUT2D eigenvalue weighted by Crippen LogP contribution is 2.30. The fraction of sp³-hybridized carbons (Fsp3) is 0.391. The molecule has 1 aliphatic heterocycles. The van der Waals surface area contributed by atoms with E-state index in [0.29, 0.717) is 39.0 Å². The summed E-state index contributed by atoms with van der Waals surface area (Å²) in [6, 6.07) is 17.7. The molecule has 28 heavy (non-hydrogen) atoms. The molecule has 1 N–H and O–H groups in total. The Morgan fingerprint density at radius 2 is 1.82 bits per heavy atom. The summed E-state index contributed by atoms with van der Waals surface area (Å²) in [5.74, 6) is 0.797. The first kappa shape index (κ1) is 19.9. The number of carbonyl (C=O) groups excluding carboxylic acids is 2. The minimum Gasteiger partial charge on any atom is -0.494 e. The van der Waals surface area contributed by atoms with Gasteiger partial charge in [0.2, 0.25) is 11.8 Å². The van der Waals surface area contributed by atoms with Gasteiger partial charge in [0.25, 0.3) is 0 Å². The van der Waals surface area contributed by atoms with E-state index >= 15 is 0 Å². The molecule has 1 fully saturated rings. The molecule has 2 aromatic carbocycles. The van der Waals surface area contributed by atoms with Crippen molar-refractivity contribution in [3.8, 4) is 5.75 Å². The summed E-state index contributed by atoms with van der Waals surface area (Å²) in [6.07, 6.45) is 1.67. The van der Waals surface area contributed by atoms with Gasteiger partial charge in [0.15, 0.2) is 0 Å². The van der Waals surface area contributed by atoms with E-state index in [-0.39, 0.29) is 11.8 Å². The Bertz CT molecular complexity index is 804. The van der Waals surface area contributed by atoms with E-state index in [1.54, 1.807) is 4.90 Å². The second-order valence-electron chi connectivity index (χ2n) is 7.31. The summed E-state index contributed by atoms with van der Waals surface area (Å²) in [6.45, 7) is 5.46. The lowest BCUT2D eigenvalue weighted by Crippen LogP contribution is -2.54. The number of ether oxygens (including phenoxy) is 1. The van der Waals surface area contributed by atoms with Gasteiger partial charge in [0, 0.05) is 19.5 Å². The van der Waals surface area contributed by atoms with E-state index in [9.17, 15) is 9.59 Å². The molecule has 1 heterocycles. The first-order valence-corrected chi connectivity index (χ1v) is 9.87. The number of likely N-dealkylation sites (tertiary alicyclic amines) is 1. The van der Waals surface area contributed by atoms with Gasteiger partial charge in [-0.05, 0) is 49.9 Å². The molecule has 0 radical (unpaired) electrons. The molecule has 1 atom stereocenters. The van der Waals surface area contributed by atoms with Crippen molar-refractivity contribution < 1.29 is 14.3 Å². The van der Waals surface area contributed by atoms with Crippen LogP contribution in [-0.4, -0.2) is 35.4 Å². The fourth-order valence-corrected chi connectivity index (χ4v) is 3.63. The zero-order valence-electron chi connectivity index (χ0n) is 16.6. The number of benzene rings is 2. The van der Waals surface area contributed by atoms with Gasteiger partial charge in [-0.25, -0.2) is 0 Å². The largest absolute Gasteiger partial charge is 0.494 e. The predicted molar refractivity (Wildman–Crippen MR) is 109 cm³/mol. The van der Waals surface area contributed by atoms with E-state index in [4.69, 9.17) is 4.74 Å². The van der Waals surface area contributed by atoms with Crippen molar-refractivity contribution in [2.45, 2.75) is 45.2 Å². The summed E-state index contributed by atoms with van der Waals surface area (Å²) in [5, 5.41) is 3.00. The molecule has 0 aromatic heterocycles. The van der Waals surface area contributed by atoms with Crippen molar-refractivity contribution in [3.05, 3.63) is 65.7 Å². The highest BCUT2D eigenvalue weighted by Gasteiger charge is 2.46. The van der Waals surface area contributed by atoms with E-state index in [1.165, 1.54) is 0 Å². The Morgan fingerprint density at radius 3 is 2.50 bits per heavy atom. The third kappa shape index (κ3) is 4.53. The Morgan fingerprint density at radius 1 is 1.11 bits per heavy atom. The molecular formula is C23H28N2O3. The predicted octanol–water partition coefficient (Wildman–Crippen LogP) is 3.33. The van der Waals surface area contributed by atoms with Crippen LogP contribution in [0.25, 0.3) is 0 Å². The normalized spacial score (nSPS) is 18.9. The molecule has 2 amide bonds. The molecule has 0 spiro atoms. The maximum atomic E-state index is 12.9. The highest BCUT2D eigenvalue weighted by atomic mass is 16.5. The second kappa shape index (κ2) is 8.91. The summed E-state index contributed by atoms with van der Waals surface area (Å²) < 4.78 is 5.47. The van der Waals surface area contributed by atoms with Crippen LogP contribution in [0, 0.1) is 0 Å². The first-order valence-electron chi connectivity index (χ1n) is 9.87. The number of amides is 2. The van der Waals surface area contributed by atoms with Gasteiger partial charge in [-0.1, -0.05) is 42.5 Å². The molecule has 0 saturated carbocycles. The molecule has 5 heteroatoms. The number of hydrogen-bond acceptors (Lipinski definition) is 3. The van der Waals surface area contributed by atoms with Crippen molar-refractivity contribution in [2.75, 3.05) is 13.2 Å². The van der Waals surface area contributed by atoms with Crippen molar-refractivity contribution in [1.29, 1.82) is 0 Å². The van der Waals surface area contributed by atoms with Gasteiger partial charge in [0.05, 0.1) is 6.61 Å². The van der Waals surface area contributed by atoms with Crippen LogP contribution in [0.3, 0.4) is 0 Å². The molecule has 5 nitrogen and oxygen atoms in total. The zero-order chi connectivity index (χ0) is 20.0. The molecule has 2 aromatic rings. The number of nitrogens with one attached hydrogen (secondary N) is 1. The number of hydrogen-bond donors (Lipinski definition) is 1. The number of rotatable bonds is 8. The molecule has 148 valence electrons. The van der Waals surface area contributed by atoms with Gasteiger partial charge in [-0.15, -0.1) is 0 Å². The van der Waals surface area contributed by atoms with Crippen molar-refractivity contribution in [1.82, 2.24) is 10.2 Å². The third-order valence-corrected chi connectivity index (χ3v) is 5.37. The Balaban J connectivity index is 1.61. The lowest BCUT2D eigenvalue weighted by molar-refractivity contribution is -0.140. The SMILES string of the molecule is CCOc1ccc(CCN2C(=O)CC[C@@]2(C)C(=O)NCc2ccccc2)cc1. The van der Waals surface area contributed by atoms with E-state index in [0.717, 1.165) is 16.9 Å². The number of carbonyl (C=O) groups is 2.